The highest BCUT2D eigenvalue weighted by Crippen LogP contribution is 2.34. The Bertz CT molecular complexity index is 1120. The first-order chi connectivity index (χ1) is 15.2. The lowest BCUT2D eigenvalue weighted by Crippen LogP contribution is -2.14. The Balaban J connectivity index is 2.13. The number of nitrogens with zero attached hydrogens (tertiary/aromatic N) is 1. The molecule has 1 aromatic heterocycles. The average Bonchev–Trinajstić information content (AvgIpc) is 2.73. The normalized spacial score (nSPS) is 11.1. The summed E-state index contributed by atoms with van der Waals surface area (Å²) in [5, 5.41) is 9.88. The van der Waals surface area contributed by atoms with E-state index in [2.05, 4.69) is 38.1 Å². The Morgan fingerprint density at radius 2 is 1.81 bits per heavy atom. The summed E-state index contributed by atoms with van der Waals surface area (Å²) in [6.45, 7) is 8.85. The Hall–Kier alpha value is -2.89. The van der Waals surface area contributed by atoms with Gasteiger partial charge >= 0.3 is 5.97 Å². The van der Waals surface area contributed by atoms with E-state index in [4.69, 9.17) is 27.1 Å². The summed E-state index contributed by atoms with van der Waals surface area (Å²) in [5.74, 6) is -0.393. The molecule has 3 N–H and O–H groups in total. The van der Waals surface area contributed by atoms with Crippen LogP contribution in [-0.4, -0.2) is 16.1 Å². The van der Waals surface area contributed by atoms with Crippen molar-refractivity contribution in [3.8, 4) is 16.9 Å². The molecule has 0 unspecified atom stereocenters. The molecule has 2 aromatic carbocycles. The third-order valence-corrected chi connectivity index (χ3v) is 5.62. The maximum Gasteiger partial charge on any atom is 0.339 e. The first-order valence-corrected chi connectivity index (χ1v) is 11.0. The van der Waals surface area contributed by atoms with Gasteiger partial charge in [0.1, 0.15) is 17.9 Å². The van der Waals surface area contributed by atoms with E-state index in [0.717, 1.165) is 40.1 Å². The van der Waals surface area contributed by atoms with E-state index >= 15 is 0 Å². The molecule has 5 nitrogen and oxygen atoms in total. The highest BCUT2D eigenvalue weighted by atomic mass is 35.5. The standard InChI is InChI=1S/C26H29ClN2O3/c1-15(2)11-23-21(13-28)25(18-7-5-16(3)6-8-18)22(17(4)29-23)14-32-24-10-9-19(27)12-20(24)26(30)31/h5-10,12,15H,11,13-14,28H2,1-4H3,(H,30,31). The minimum atomic E-state index is -1.09. The SMILES string of the molecule is Cc1ccc(-c2c(COc3ccc(Cl)cc3C(=O)O)c(C)nc(CC(C)C)c2CN)cc1. The van der Waals surface area contributed by atoms with Gasteiger partial charge in [0, 0.05) is 28.5 Å². The molecule has 0 bridgehead atoms. The minimum absolute atomic E-state index is 0.0236. The lowest BCUT2D eigenvalue weighted by Gasteiger charge is -2.21. The molecule has 3 aromatic rings. The molecule has 0 saturated carbocycles. The Kier molecular flexibility index (Phi) is 7.54. The van der Waals surface area contributed by atoms with Crippen LogP contribution in [0, 0.1) is 19.8 Å². The molecule has 0 saturated heterocycles. The van der Waals surface area contributed by atoms with Crippen LogP contribution in [0.2, 0.25) is 5.02 Å². The zero-order valence-electron chi connectivity index (χ0n) is 18.9. The van der Waals surface area contributed by atoms with Gasteiger partial charge in [-0.05, 0) is 61.1 Å². The molecule has 0 spiro atoms. The van der Waals surface area contributed by atoms with Crippen LogP contribution in [0.4, 0.5) is 0 Å². The molecule has 0 fully saturated rings. The molecule has 0 radical (unpaired) electrons. The van der Waals surface area contributed by atoms with Gasteiger partial charge in [0.2, 0.25) is 0 Å². The highest BCUT2D eigenvalue weighted by Gasteiger charge is 2.21. The molecule has 0 atom stereocenters. The second kappa shape index (κ2) is 10.2. The molecular weight excluding hydrogens is 424 g/mol. The number of carboxylic acid groups (broad SMARTS) is 1. The summed E-state index contributed by atoms with van der Waals surface area (Å²) in [6, 6.07) is 12.9. The first-order valence-electron chi connectivity index (χ1n) is 10.6. The van der Waals surface area contributed by atoms with Crippen LogP contribution in [-0.2, 0) is 19.6 Å². The Morgan fingerprint density at radius 1 is 1.12 bits per heavy atom. The predicted molar refractivity (Wildman–Crippen MR) is 128 cm³/mol. The number of aryl methyl sites for hydroxylation is 2. The number of nitrogens with two attached hydrogens (primary N) is 1. The van der Waals surface area contributed by atoms with E-state index in [-0.39, 0.29) is 17.9 Å². The van der Waals surface area contributed by atoms with E-state index in [9.17, 15) is 9.90 Å². The number of benzene rings is 2. The highest BCUT2D eigenvalue weighted by molar-refractivity contribution is 6.31. The van der Waals surface area contributed by atoms with Crippen molar-refractivity contribution in [3.63, 3.8) is 0 Å². The fourth-order valence-electron chi connectivity index (χ4n) is 3.81. The third kappa shape index (κ3) is 5.29. The van der Waals surface area contributed by atoms with Gasteiger partial charge in [-0.1, -0.05) is 55.3 Å². The van der Waals surface area contributed by atoms with Crippen molar-refractivity contribution >= 4 is 17.6 Å². The second-order valence-electron chi connectivity index (χ2n) is 8.38. The number of aromatic carboxylic acids is 1. The van der Waals surface area contributed by atoms with Gasteiger partial charge in [-0.25, -0.2) is 4.79 Å². The number of hydrogen-bond acceptors (Lipinski definition) is 4. The third-order valence-electron chi connectivity index (χ3n) is 5.38. The van der Waals surface area contributed by atoms with E-state index in [1.807, 2.05) is 13.8 Å². The van der Waals surface area contributed by atoms with Gasteiger partial charge in [0.15, 0.2) is 0 Å². The lowest BCUT2D eigenvalue weighted by molar-refractivity contribution is 0.0691. The topological polar surface area (TPSA) is 85.4 Å². The van der Waals surface area contributed by atoms with Gasteiger partial charge < -0.3 is 15.6 Å². The summed E-state index contributed by atoms with van der Waals surface area (Å²) in [7, 11) is 0. The molecule has 0 aliphatic carbocycles. The fraction of sp³-hybridized carbons (Fsp3) is 0.308. The summed E-state index contributed by atoms with van der Waals surface area (Å²) < 4.78 is 6.01. The second-order valence-corrected chi connectivity index (χ2v) is 8.81. The van der Waals surface area contributed by atoms with Gasteiger partial charge in [-0.15, -0.1) is 0 Å². The molecule has 32 heavy (non-hydrogen) atoms. The molecule has 6 heteroatoms. The molecule has 1 heterocycles. The number of rotatable bonds is 8. The van der Waals surface area contributed by atoms with Crippen molar-refractivity contribution in [1.82, 2.24) is 4.98 Å². The number of carbonyl (C=O) groups is 1. The van der Waals surface area contributed by atoms with Crippen molar-refractivity contribution < 1.29 is 14.6 Å². The minimum Gasteiger partial charge on any atom is -0.488 e. The van der Waals surface area contributed by atoms with Crippen LogP contribution in [0.15, 0.2) is 42.5 Å². The Labute approximate surface area is 194 Å². The van der Waals surface area contributed by atoms with Crippen molar-refractivity contribution in [2.45, 2.75) is 47.3 Å². The number of aromatic nitrogens is 1. The predicted octanol–water partition coefficient (Wildman–Crippen LogP) is 5.95. The van der Waals surface area contributed by atoms with E-state index in [0.29, 0.717) is 17.5 Å². The van der Waals surface area contributed by atoms with Crippen molar-refractivity contribution in [2.75, 3.05) is 0 Å². The van der Waals surface area contributed by atoms with E-state index in [1.165, 1.54) is 11.6 Å². The van der Waals surface area contributed by atoms with E-state index in [1.54, 1.807) is 12.1 Å². The quantitative estimate of drug-likeness (QED) is 0.440. The molecular formula is C26H29ClN2O3. The molecule has 0 aliphatic heterocycles. The lowest BCUT2D eigenvalue weighted by atomic mass is 9.90. The van der Waals surface area contributed by atoms with E-state index < -0.39 is 5.97 Å². The molecule has 168 valence electrons. The van der Waals surface area contributed by atoms with Crippen molar-refractivity contribution in [2.24, 2.45) is 11.7 Å². The smallest absolute Gasteiger partial charge is 0.339 e. The monoisotopic (exact) mass is 452 g/mol. The van der Waals surface area contributed by atoms with Gasteiger partial charge in [0.25, 0.3) is 0 Å². The van der Waals surface area contributed by atoms with Crippen molar-refractivity contribution in [1.29, 1.82) is 0 Å². The fourth-order valence-corrected chi connectivity index (χ4v) is 3.98. The van der Waals surface area contributed by atoms with Gasteiger partial charge in [-0.3, -0.25) is 4.98 Å². The number of pyridine rings is 1. The van der Waals surface area contributed by atoms with Crippen LogP contribution < -0.4 is 10.5 Å². The van der Waals surface area contributed by atoms with Crippen LogP contribution in [0.3, 0.4) is 0 Å². The van der Waals surface area contributed by atoms with Crippen molar-refractivity contribution in [3.05, 3.63) is 81.1 Å². The summed E-state index contributed by atoms with van der Waals surface area (Å²) in [4.78, 5) is 16.5. The average molecular weight is 453 g/mol. The van der Waals surface area contributed by atoms with Crippen LogP contribution in [0.1, 0.15) is 52.3 Å². The maximum atomic E-state index is 11.7. The number of halogens is 1. The maximum absolute atomic E-state index is 11.7. The summed E-state index contributed by atoms with van der Waals surface area (Å²) in [6.07, 6.45) is 0.827. The number of carboxylic acids is 1. The largest absolute Gasteiger partial charge is 0.488 e. The summed E-state index contributed by atoms with van der Waals surface area (Å²) in [5.41, 5.74) is 13.2. The number of ether oxygens (including phenoxy) is 1. The van der Waals surface area contributed by atoms with Crippen LogP contribution in [0.5, 0.6) is 5.75 Å². The molecule has 3 rings (SSSR count). The Morgan fingerprint density at radius 3 is 2.41 bits per heavy atom. The summed E-state index contributed by atoms with van der Waals surface area (Å²) >= 11 is 5.98. The van der Waals surface area contributed by atoms with Crippen LogP contribution in [0.25, 0.3) is 11.1 Å². The van der Waals surface area contributed by atoms with Crippen LogP contribution >= 0.6 is 11.6 Å². The number of hydrogen-bond donors (Lipinski definition) is 2. The zero-order chi connectivity index (χ0) is 23.4. The zero-order valence-corrected chi connectivity index (χ0v) is 19.7. The molecule has 0 amide bonds. The van der Waals surface area contributed by atoms with Gasteiger partial charge in [0.05, 0.1) is 0 Å². The first kappa shape index (κ1) is 23.8. The van der Waals surface area contributed by atoms with Gasteiger partial charge in [-0.2, -0.15) is 0 Å². The molecule has 0 aliphatic rings.